The lowest BCUT2D eigenvalue weighted by atomic mass is 10.1. The molecule has 114 valence electrons. The van der Waals surface area contributed by atoms with Crippen molar-refractivity contribution >= 4 is 11.3 Å². The van der Waals surface area contributed by atoms with Crippen molar-refractivity contribution in [3.63, 3.8) is 0 Å². The van der Waals surface area contributed by atoms with Gasteiger partial charge in [0.25, 0.3) is 0 Å². The molecule has 0 aliphatic heterocycles. The van der Waals surface area contributed by atoms with E-state index in [-0.39, 0.29) is 11.3 Å². The zero-order valence-electron chi connectivity index (χ0n) is 10.4. The van der Waals surface area contributed by atoms with Gasteiger partial charge in [-0.3, -0.25) is 11.3 Å². The molecule has 1 unspecified atom stereocenters. The smallest absolute Gasteiger partial charge is 0.271 e. The number of nitrogens with one attached hydrogen (secondary N) is 1. The van der Waals surface area contributed by atoms with E-state index in [0.717, 1.165) is 18.3 Å². The van der Waals surface area contributed by atoms with Gasteiger partial charge in [-0.05, 0) is 24.1 Å². The van der Waals surface area contributed by atoms with E-state index in [4.69, 9.17) is 5.84 Å². The molecule has 0 fully saturated rings. The minimum absolute atomic E-state index is 0.104. The summed E-state index contributed by atoms with van der Waals surface area (Å²) in [5.41, 5.74) is 2.75. The Hall–Kier alpha value is -1.58. The van der Waals surface area contributed by atoms with Crippen LogP contribution in [-0.2, 0) is 12.6 Å². The second-order valence-corrected chi connectivity index (χ2v) is 5.30. The van der Waals surface area contributed by atoms with Crippen molar-refractivity contribution in [1.82, 2.24) is 10.4 Å². The monoisotopic (exact) mass is 323 g/mol. The normalized spacial score (nSPS) is 13.4. The van der Waals surface area contributed by atoms with Gasteiger partial charge < -0.3 is 0 Å². The van der Waals surface area contributed by atoms with E-state index in [2.05, 4.69) is 10.4 Å². The van der Waals surface area contributed by atoms with Crippen LogP contribution in [0.3, 0.4) is 0 Å². The second kappa shape index (κ2) is 6.04. The number of rotatable bonds is 4. The molecule has 2 rings (SSSR count). The Morgan fingerprint density at radius 1 is 1.24 bits per heavy atom. The van der Waals surface area contributed by atoms with Crippen LogP contribution in [0.4, 0.5) is 22.0 Å². The van der Waals surface area contributed by atoms with E-state index in [1.54, 1.807) is 0 Å². The molecular weight excluding hydrogens is 313 g/mol. The average molecular weight is 323 g/mol. The summed E-state index contributed by atoms with van der Waals surface area (Å²) in [4.78, 5) is 3.55. The van der Waals surface area contributed by atoms with Crippen molar-refractivity contribution in [1.29, 1.82) is 0 Å². The fourth-order valence-electron chi connectivity index (χ4n) is 1.72. The van der Waals surface area contributed by atoms with Crippen LogP contribution in [0.2, 0.25) is 0 Å². The Morgan fingerprint density at radius 3 is 2.48 bits per heavy atom. The van der Waals surface area contributed by atoms with Crippen molar-refractivity contribution in [3.05, 3.63) is 51.5 Å². The van der Waals surface area contributed by atoms with Crippen molar-refractivity contribution in [3.8, 4) is 0 Å². The molecule has 2 aromatic rings. The topological polar surface area (TPSA) is 50.9 Å². The molecule has 21 heavy (non-hydrogen) atoms. The summed E-state index contributed by atoms with van der Waals surface area (Å²) in [7, 11) is 0. The molecule has 0 saturated carbocycles. The summed E-state index contributed by atoms with van der Waals surface area (Å²) in [6.07, 6.45) is -3.35. The Morgan fingerprint density at radius 2 is 1.95 bits per heavy atom. The van der Waals surface area contributed by atoms with Gasteiger partial charge in [0.2, 0.25) is 0 Å². The number of hydrogen-bond donors (Lipinski definition) is 2. The molecule has 1 atom stereocenters. The van der Waals surface area contributed by atoms with E-state index in [1.165, 1.54) is 6.07 Å². The molecule has 0 amide bonds. The van der Waals surface area contributed by atoms with Crippen LogP contribution in [0.25, 0.3) is 0 Å². The van der Waals surface area contributed by atoms with Crippen LogP contribution in [0.15, 0.2) is 24.4 Å². The summed E-state index contributed by atoms with van der Waals surface area (Å²) in [5, 5.41) is -0.983. The minimum atomic E-state index is -4.52. The van der Waals surface area contributed by atoms with Crippen molar-refractivity contribution in [2.24, 2.45) is 5.84 Å². The van der Waals surface area contributed by atoms with Gasteiger partial charge in [-0.25, -0.2) is 13.8 Å². The van der Waals surface area contributed by atoms with Gasteiger partial charge in [0, 0.05) is 11.1 Å². The first-order valence-electron chi connectivity index (χ1n) is 5.74. The molecule has 0 aliphatic carbocycles. The Balaban J connectivity index is 2.19. The van der Waals surface area contributed by atoms with Gasteiger partial charge in [-0.2, -0.15) is 13.2 Å². The first-order chi connectivity index (χ1) is 9.81. The highest BCUT2D eigenvalue weighted by Crippen LogP contribution is 2.34. The number of thiazole rings is 1. The summed E-state index contributed by atoms with van der Waals surface area (Å²) in [6, 6.07) is 2.59. The van der Waals surface area contributed by atoms with Crippen LogP contribution < -0.4 is 11.3 Å². The molecule has 0 spiro atoms. The molecular formula is C12H10F5N3S. The summed E-state index contributed by atoms with van der Waals surface area (Å²) in [6.45, 7) is 0. The van der Waals surface area contributed by atoms with Gasteiger partial charge in [0.1, 0.15) is 0 Å². The van der Waals surface area contributed by atoms with E-state index < -0.39 is 28.9 Å². The molecule has 0 bridgehead atoms. The first-order valence-corrected chi connectivity index (χ1v) is 6.56. The highest BCUT2D eigenvalue weighted by Gasteiger charge is 2.35. The maximum Gasteiger partial charge on any atom is 0.443 e. The fraction of sp³-hybridized carbons (Fsp3) is 0.250. The predicted molar refractivity (Wildman–Crippen MR) is 67.2 cm³/mol. The Bertz CT molecular complexity index is 626. The zero-order chi connectivity index (χ0) is 15.6. The Labute approximate surface area is 120 Å². The number of hydrazine groups is 1. The van der Waals surface area contributed by atoms with Gasteiger partial charge in [0.15, 0.2) is 16.6 Å². The van der Waals surface area contributed by atoms with Crippen molar-refractivity contribution < 1.29 is 22.0 Å². The number of alkyl halides is 3. The number of nitrogens with zero attached hydrogens (tertiary/aromatic N) is 1. The predicted octanol–water partition coefficient (Wildman–Crippen LogP) is 3.19. The minimum Gasteiger partial charge on any atom is -0.271 e. The summed E-state index contributed by atoms with van der Waals surface area (Å²) >= 11 is 0.453. The third-order valence-corrected chi connectivity index (χ3v) is 3.89. The number of aromatic nitrogens is 1. The Kier molecular flexibility index (Phi) is 4.55. The average Bonchev–Trinajstić information content (AvgIpc) is 2.89. The van der Waals surface area contributed by atoms with Gasteiger partial charge in [-0.1, -0.05) is 6.07 Å². The molecule has 1 aromatic heterocycles. The van der Waals surface area contributed by atoms with Crippen LogP contribution in [0.1, 0.15) is 21.5 Å². The lowest BCUT2D eigenvalue weighted by molar-refractivity contribution is -0.137. The molecule has 0 saturated heterocycles. The van der Waals surface area contributed by atoms with Crippen LogP contribution in [-0.4, -0.2) is 4.98 Å². The summed E-state index contributed by atoms with van der Waals surface area (Å²) in [5.74, 6) is 3.30. The van der Waals surface area contributed by atoms with Crippen LogP contribution >= 0.6 is 11.3 Å². The molecule has 0 radical (unpaired) electrons. The number of benzene rings is 1. The molecule has 1 aromatic carbocycles. The van der Waals surface area contributed by atoms with Crippen molar-refractivity contribution in [2.75, 3.05) is 0 Å². The maximum atomic E-state index is 13.1. The maximum absolute atomic E-state index is 13.1. The lowest BCUT2D eigenvalue weighted by Crippen LogP contribution is -2.29. The van der Waals surface area contributed by atoms with E-state index >= 15 is 0 Å². The molecule has 1 heterocycles. The molecule has 0 aliphatic rings. The quantitative estimate of drug-likeness (QED) is 0.516. The second-order valence-electron chi connectivity index (χ2n) is 4.24. The van der Waals surface area contributed by atoms with Crippen LogP contribution in [0.5, 0.6) is 0 Å². The SMILES string of the molecule is NNC(Cc1ccc(F)c(F)c1)c1cnc(C(F)(F)F)s1. The van der Waals surface area contributed by atoms with E-state index in [0.29, 0.717) is 16.9 Å². The standard InChI is InChI=1S/C12H10F5N3S/c13-7-2-1-6(3-8(7)14)4-9(20-18)10-5-19-11(21-10)12(15,16)17/h1-3,5,9,20H,4,18H2. The lowest BCUT2D eigenvalue weighted by Gasteiger charge is -2.14. The fourth-order valence-corrected chi connectivity index (χ4v) is 2.57. The van der Waals surface area contributed by atoms with Gasteiger partial charge in [0.05, 0.1) is 6.04 Å². The number of halogens is 5. The highest BCUT2D eigenvalue weighted by molar-refractivity contribution is 7.11. The molecule has 9 heteroatoms. The zero-order valence-corrected chi connectivity index (χ0v) is 11.2. The van der Waals surface area contributed by atoms with Gasteiger partial charge >= 0.3 is 6.18 Å². The van der Waals surface area contributed by atoms with E-state index in [9.17, 15) is 22.0 Å². The number of nitrogens with two attached hydrogens (primary N) is 1. The van der Waals surface area contributed by atoms with E-state index in [1.807, 2.05) is 0 Å². The summed E-state index contributed by atoms with van der Waals surface area (Å²) < 4.78 is 63.4. The highest BCUT2D eigenvalue weighted by atomic mass is 32.1. The van der Waals surface area contributed by atoms with Gasteiger partial charge in [-0.15, -0.1) is 11.3 Å². The largest absolute Gasteiger partial charge is 0.443 e. The first kappa shape index (κ1) is 15.8. The number of hydrogen-bond acceptors (Lipinski definition) is 4. The van der Waals surface area contributed by atoms with Crippen LogP contribution in [0, 0.1) is 11.6 Å². The molecule has 3 nitrogen and oxygen atoms in total. The third-order valence-electron chi connectivity index (χ3n) is 2.73. The van der Waals surface area contributed by atoms with Crippen molar-refractivity contribution in [2.45, 2.75) is 18.6 Å². The third kappa shape index (κ3) is 3.74. The molecule has 3 N–H and O–H groups in total.